The molecule has 2 amide bonds. The number of nitrogens with one attached hydrogen (secondary N) is 1. The highest BCUT2D eigenvalue weighted by Gasteiger charge is 2.22. The molecule has 4 rings (SSSR count). The zero-order valence-corrected chi connectivity index (χ0v) is 16.6. The highest BCUT2D eigenvalue weighted by atomic mass is 16.2. The van der Waals surface area contributed by atoms with Gasteiger partial charge in [0.05, 0.1) is 12.3 Å². The van der Waals surface area contributed by atoms with E-state index in [-0.39, 0.29) is 24.7 Å². The minimum absolute atomic E-state index is 0.120. The molecule has 0 radical (unpaired) electrons. The third-order valence-corrected chi connectivity index (χ3v) is 5.05. The summed E-state index contributed by atoms with van der Waals surface area (Å²) >= 11 is 0. The molecule has 0 bridgehead atoms. The summed E-state index contributed by atoms with van der Waals surface area (Å²) in [6.07, 6.45) is 0.978. The van der Waals surface area contributed by atoms with E-state index >= 15 is 0 Å². The number of carbonyl (C=O) groups is 2. The van der Waals surface area contributed by atoms with Gasteiger partial charge < -0.3 is 5.32 Å². The van der Waals surface area contributed by atoms with Gasteiger partial charge in [0.2, 0.25) is 11.8 Å². The summed E-state index contributed by atoms with van der Waals surface area (Å²) in [6.45, 7) is 0.557. The number of para-hydroxylation sites is 1. The van der Waals surface area contributed by atoms with Crippen LogP contribution in [0.3, 0.4) is 0 Å². The molecule has 1 aliphatic heterocycles. The Balaban J connectivity index is 1.35. The Bertz CT molecular complexity index is 1060. The Morgan fingerprint density at radius 3 is 2.17 bits per heavy atom. The van der Waals surface area contributed by atoms with Crippen molar-refractivity contribution < 1.29 is 9.59 Å². The van der Waals surface area contributed by atoms with E-state index in [0.717, 1.165) is 34.5 Å². The number of anilines is 1. The number of hydrogen-bond acceptors (Lipinski definition) is 3. The fraction of sp³-hybridized carbons (Fsp3) is 0.160. The van der Waals surface area contributed by atoms with Crippen LogP contribution >= 0.6 is 0 Å². The summed E-state index contributed by atoms with van der Waals surface area (Å²) in [5.74, 6) is -0.314. The molecule has 0 aromatic heterocycles. The van der Waals surface area contributed by atoms with Crippen molar-refractivity contribution in [1.29, 1.82) is 0 Å². The van der Waals surface area contributed by atoms with E-state index in [1.54, 1.807) is 0 Å². The average molecular weight is 397 g/mol. The van der Waals surface area contributed by atoms with Crippen LogP contribution in [0.15, 0.2) is 90.0 Å². The first kappa shape index (κ1) is 19.6. The van der Waals surface area contributed by atoms with Crippen LogP contribution in [0.5, 0.6) is 0 Å². The molecule has 0 fully saturated rings. The summed E-state index contributed by atoms with van der Waals surface area (Å²) < 4.78 is 0. The largest absolute Gasteiger partial charge is 0.326 e. The van der Waals surface area contributed by atoms with E-state index in [0.29, 0.717) is 6.54 Å². The molecule has 3 aromatic rings. The molecular weight excluding hydrogens is 374 g/mol. The molecule has 30 heavy (non-hydrogen) atoms. The third kappa shape index (κ3) is 4.63. The van der Waals surface area contributed by atoms with Crippen LogP contribution in [-0.4, -0.2) is 29.1 Å². The van der Waals surface area contributed by atoms with Crippen LogP contribution < -0.4 is 5.32 Å². The first-order valence-electron chi connectivity index (χ1n) is 10.1. The van der Waals surface area contributed by atoms with Crippen molar-refractivity contribution in [2.24, 2.45) is 5.10 Å². The second kappa shape index (κ2) is 9.18. The number of hydrazone groups is 1. The van der Waals surface area contributed by atoms with Crippen molar-refractivity contribution in [1.82, 2.24) is 5.01 Å². The second-order valence-corrected chi connectivity index (χ2v) is 7.14. The summed E-state index contributed by atoms with van der Waals surface area (Å²) in [5.41, 5.74) is 4.67. The van der Waals surface area contributed by atoms with Crippen molar-refractivity contribution in [2.75, 3.05) is 11.9 Å². The molecule has 0 saturated carbocycles. The van der Waals surface area contributed by atoms with Crippen LogP contribution in [0, 0.1) is 0 Å². The van der Waals surface area contributed by atoms with Crippen LogP contribution in [0.4, 0.5) is 5.69 Å². The molecule has 0 unspecified atom stereocenters. The van der Waals surface area contributed by atoms with Gasteiger partial charge in [-0.25, -0.2) is 5.01 Å². The van der Waals surface area contributed by atoms with Gasteiger partial charge in [-0.2, -0.15) is 5.10 Å². The van der Waals surface area contributed by atoms with Gasteiger partial charge >= 0.3 is 0 Å². The number of hydrogen-bond donors (Lipinski definition) is 1. The lowest BCUT2D eigenvalue weighted by atomic mass is 10.0. The maximum absolute atomic E-state index is 12.5. The number of benzene rings is 3. The third-order valence-electron chi connectivity index (χ3n) is 5.05. The number of amides is 2. The SMILES string of the molecule is O=C(CCC(=O)N1CCC(c2ccccc2)=N1)Nc1ccccc1-c1ccccc1. The molecule has 3 aromatic carbocycles. The van der Waals surface area contributed by atoms with Gasteiger partial charge in [0, 0.05) is 30.5 Å². The van der Waals surface area contributed by atoms with Gasteiger partial charge in [0.1, 0.15) is 0 Å². The van der Waals surface area contributed by atoms with Crippen LogP contribution in [0.25, 0.3) is 11.1 Å². The highest BCUT2D eigenvalue weighted by molar-refractivity contribution is 6.03. The van der Waals surface area contributed by atoms with E-state index in [9.17, 15) is 9.59 Å². The van der Waals surface area contributed by atoms with Gasteiger partial charge in [-0.3, -0.25) is 9.59 Å². The average Bonchev–Trinajstić information content (AvgIpc) is 3.30. The van der Waals surface area contributed by atoms with Crippen LogP contribution in [0.2, 0.25) is 0 Å². The van der Waals surface area contributed by atoms with Crippen molar-refractivity contribution in [3.05, 3.63) is 90.5 Å². The first-order valence-corrected chi connectivity index (χ1v) is 10.1. The molecule has 0 aliphatic carbocycles. The monoisotopic (exact) mass is 397 g/mol. The molecule has 0 spiro atoms. The minimum atomic E-state index is -0.182. The standard InChI is InChI=1S/C25H23N3O2/c29-24(26-23-14-8-7-13-21(23)19-9-3-1-4-10-19)15-16-25(30)28-18-17-22(27-28)20-11-5-2-6-12-20/h1-14H,15-18H2,(H,26,29). The maximum atomic E-state index is 12.5. The molecule has 1 N–H and O–H groups in total. The minimum Gasteiger partial charge on any atom is -0.326 e. The summed E-state index contributed by atoms with van der Waals surface area (Å²) in [7, 11) is 0. The quantitative estimate of drug-likeness (QED) is 0.655. The summed E-state index contributed by atoms with van der Waals surface area (Å²) in [4.78, 5) is 25.0. The molecule has 1 heterocycles. The molecule has 1 aliphatic rings. The smallest absolute Gasteiger partial charge is 0.243 e. The Labute approximate surface area is 176 Å². The molecule has 5 nitrogen and oxygen atoms in total. The first-order chi connectivity index (χ1) is 14.7. The second-order valence-electron chi connectivity index (χ2n) is 7.14. The van der Waals surface area contributed by atoms with Crippen molar-refractivity contribution in [2.45, 2.75) is 19.3 Å². The Kier molecular flexibility index (Phi) is 5.99. The van der Waals surface area contributed by atoms with Crippen LogP contribution in [-0.2, 0) is 9.59 Å². The predicted octanol–water partition coefficient (Wildman–Crippen LogP) is 4.71. The highest BCUT2D eigenvalue weighted by Crippen LogP contribution is 2.27. The lowest BCUT2D eigenvalue weighted by Gasteiger charge is -2.13. The van der Waals surface area contributed by atoms with Gasteiger partial charge in [-0.1, -0.05) is 78.9 Å². The van der Waals surface area contributed by atoms with Crippen molar-refractivity contribution >= 4 is 23.2 Å². The topological polar surface area (TPSA) is 61.8 Å². The zero-order valence-electron chi connectivity index (χ0n) is 16.6. The summed E-state index contributed by atoms with van der Waals surface area (Å²) in [5, 5.41) is 8.87. The molecule has 0 atom stereocenters. The van der Waals surface area contributed by atoms with E-state index < -0.39 is 0 Å². The number of carbonyl (C=O) groups excluding carboxylic acids is 2. The van der Waals surface area contributed by atoms with E-state index in [4.69, 9.17) is 0 Å². The van der Waals surface area contributed by atoms with E-state index in [2.05, 4.69) is 10.4 Å². The molecule has 5 heteroatoms. The van der Waals surface area contributed by atoms with Crippen molar-refractivity contribution in [3.63, 3.8) is 0 Å². The Morgan fingerprint density at radius 1 is 0.800 bits per heavy atom. The lowest BCUT2D eigenvalue weighted by Crippen LogP contribution is -2.25. The van der Waals surface area contributed by atoms with E-state index in [1.165, 1.54) is 5.01 Å². The van der Waals surface area contributed by atoms with E-state index in [1.807, 2.05) is 84.9 Å². The Morgan fingerprint density at radius 2 is 1.43 bits per heavy atom. The lowest BCUT2D eigenvalue weighted by molar-refractivity contribution is -0.132. The molecular formula is C25H23N3O2. The number of nitrogens with zero attached hydrogens (tertiary/aromatic N) is 2. The molecule has 150 valence electrons. The maximum Gasteiger partial charge on any atom is 0.243 e. The van der Waals surface area contributed by atoms with Gasteiger partial charge in [0.15, 0.2) is 0 Å². The fourth-order valence-electron chi connectivity index (χ4n) is 3.49. The van der Waals surface area contributed by atoms with Crippen molar-refractivity contribution in [3.8, 4) is 11.1 Å². The molecule has 0 saturated heterocycles. The van der Waals surface area contributed by atoms with Gasteiger partial charge in [-0.05, 0) is 17.2 Å². The van der Waals surface area contributed by atoms with Gasteiger partial charge in [0.25, 0.3) is 0 Å². The number of rotatable bonds is 6. The van der Waals surface area contributed by atoms with Gasteiger partial charge in [-0.15, -0.1) is 0 Å². The normalized spacial score (nSPS) is 13.1. The Hall–Kier alpha value is -3.73. The zero-order chi connectivity index (χ0) is 20.8. The predicted molar refractivity (Wildman–Crippen MR) is 119 cm³/mol. The fourth-order valence-corrected chi connectivity index (χ4v) is 3.49. The van der Waals surface area contributed by atoms with Crippen LogP contribution in [0.1, 0.15) is 24.8 Å². The summed E-state index contributed by atoms with van der Waals surface area (Å²) in [6, 6.07) is 27.4.